The van der Waals surface area contributed by atoms with Gasteiger partial charge in [0.2, 0.25) is 0 Å². The van der Waals surface area contributed by atoms with E-state index in [4.69, 9.17) is 9.15 Å². The third kappa shape index (κ3) is 3.36. The number of aryl methyl sites for hydroxylation is 1. The van der Waals surface area contributed by atoms with E-state index >= 15 is 0 Å². The number of carbonyl (C=O) groups excluding carboxylic acids is 1. The Morgan fingerprint density at radius 1 is 1.47 bits per heavy atom. The van der Waals surface area contributed by atoms with E-state index in [0.717, 1.165) is 16.5 Å². The number of ether oxygens (including phenoxy) is 1. The molecule has 0 bridgehead atoms. The van der Waals surface area contributed by atoms with E-state index in [9.17, 15) is 4.79 Å². The van der Waals surface area contributed by atoms with Gasteiger partial charge in [-0.15, -0.1) is 0 Å². The van der Waals surface area contributed by atoms with Crippen LogP contribution in [0.4, 0.5) is 0 Å². The lowest BCUT2D eigenvalue weighted by Crippen LogP contribution is -2.39. The van der Waals surface area contributed by atoms with Crippen molar-refractivity contribution < 1.29 is 13.9 Å². The van der Waals surface area contributed by atoms with Gasteiger partial charge in [0.25, 0.3) is 5.91 Å². The maximum atomic E-state index is 12.1. The molecule has 1 heterocycles. The predicted octanol–water partition coefficient (Wildman–Crippen LogP) is 2.88. The van der Waals surface area contributed by atoms with Gasteiger partial charge in [0, 0.05) is 17.8 Å². The van der Waals surface area contributed by atoms with Gasteiger partial charge in [-0.3, -0.25) is 4.79 Å². The Hall–Kier alpha value is -1.33. The maximum absolute atomic E-state index is 12.1. The lowest BCUT2D eigenvalue weighted by Gasteiger charge is -2.13. The fourth-order valence-corrected chi connectivity index (χ4v) is 2.21. The van der Waals surface area contributed by atoms with Crippen LogP contribution in [0.25, 0.3) is 11.0 Å². The average Bonchev–Trinajstić information content (AvgIpc) is 2.81. The molecular weight excluding hydrogens is 310 g/mol. The molecule has 0 fully saturated rings. The minimum atomic E-state index is -0.227. The molecule has 1 atom stereocenters. The topological polar surface area (TPSA) is 51.5 Å². The molecule has 0 spiro atoms. The number of rotatable bonds is 5. The van der Waals surface area contributed by atoms with Crippen LogP contribution in [0, 0.1) is 6.92 Å². The van der Waals surface area contributed by atoms with Crippen LogP contribution in [-0.4, -0.2) is 31.0 Å². The summed E-state index contributed by atoms with van der Waals surface area (Å²) in [6.07, 6.45) is 0. The van der Waals surface area contributed by atoms with Crippen molar-refractivity contribution in [3.05, 3.63) is 35.6 Å². The molecule has 0 aliphatic carbocycles. The highest BCUT2D eigenvalue weighted by Crippen LogP contribution is 2.20. The van der Waals surface area contributed by atoms with Crippen LogP contribution in [0.15, 0.2) is 28.7 Å². The van der Waals surface area contributed by atoms with Gasteiger partial charge in [-0.25, -0.2) is 0 Å². The summed E-state index contributed by atoms with van der Waals surface area (Å²) in [5, 5.41) is 4.42. The number of furan rings is 1. The second-order valence-corrected chi connectivity index (χ2v) is 5.08. The average molecular weight is 326 g/mol. The van der Waals surface area contributed by atoms with Crippen molar-refractivity contribution >= 4 is 32.8 Å². The second kappa shape index (κ2) is 6.21. The first kappa shape index (κ1) is 14.1. The third-order valence-corrected chi connectivity index (χ3v) is 3.57. The molecule has 2 aromatic rings. The van der Waals surface area contributed by atoms with Crippen LogP contribution in [0.1, 0.15) is 16.1 Å². The van der Waals surface area contributed by atoms with Crippen molar-refractivity contribution in [2.75, 3.05) is 19.0 Å². The van der Waals surface area contributed by atoms with E-state index in [1.807, 2.05) is 25.1 Å². The van der Waals surface area contributed by atoms with Gasteiger partial charge in [-0.05, 0) is 25.1 Å². The van der Waals surface area contributed by atoms with Gasteiger partial charge < -0.3 is 14.5 Å². The van der Waals surface area contributed by atoms with Crippen molar-refractivity contribution in [2.24, 2.45) is 0 Å². The van der Waals surface area contributed by atoms with E-state index in [1.54, 1.807) is 13.2 Å². The molecule has 19 heavy (non-hydrogen) atoms. The number of amides is 1. The molecule has 0 saturated carbocycles. The lowest BCUT2D eigenvalue weighted by molar-refractivity contribution is 0.0882. The van der Waals surface area contributed by atoms with Crippen molar-refractivity contribution in [1.29, 1.82) is 0 Å². The lowest BCUT2D eigenvalue weighted by atomic mass is 10.2. The van der Waals surface area contributed by atoms with Gasteiger partial charge in [-0.2, -0.15) is 0 Å². The number of carbonyl (C=O) groups is 1. The summed E-state index contributed by atoms with van der Waals surface area (Å²) in [5.41, 5.74) is 1.86. The van der Waals surface area contributed by atoms with Gasteiger partial charge in [0.1, 0.15) is 5.58 Å². The standard InChI is InChI=1S/C14H16BrNO3/c1-9-3-4-12-10(5-9)6-13(19-12)14(17)16-11(7-15)8-18-2/h3-6,11H,7-8H2,1-2H3,(H,16,17). The number of hydrogen-bond donors (Lipinski definition) is 1. The molecular formula is C14H16BrNO3. The first-order valence-corrected chi connectivity index (χ1v) is 7.12. The molecule has 0 aliphatic heterocycles. The molecule has 0 aliphatic rings. The van der Waals surface area contributed by atoms with Crippen molar-refractivity contribution in [3.8, 4) is 0 Å². The van der Waals surface area contributed by atoms with Gasteiger partial charge >= 0.3 is 0 Å². The normalized spacial score (nSPS) is 12.6. The number of halogens is 1. The highest BCUT2D eigenvalue weighted by Gasteiger charge is 2.16. The highest BCUT2D eigenvalue weighted by atomic mass is 79.9. The zero-order valence-electron chi connectivity index (χ0n) is 10.9. The summed E-state index contributed by atoms with van der Waals surface area (Å²) in [6.45, 7) is 2.46. The van der Waals surface area contributed by atoms with Gasteiger partial charge in [0.15, 0.2) is 5.76 Å². The Kier molecular flexibility index (Phi) is 4.61. The molecule has 0 radical (unpaired) electrons. The Bertz CT molecular complexity index is 579. The fourth-order valence-electron chi connectivity index (χ4n) is 1.86. The molecule has 1 unspecified atom stereocenters. The predicted molar refractivity (Wildman–Crippen MR) is 77.9 cm³/mol. The summed E-state index contributed by atoms with van der Waals surface area (Å²) < 4.78 is 10.6. The molecule has 2 rings (SSSR count). The van der Waals surface area contributed by atoms with Gasteiger partial charge in [-0.1, -0.05) is 27.6 Å². The fraction of sp³-hybridized carbons (Fsp3) is 0.357. The van der Waals surface area contributed by atoms with Crippen LogP contribution in [-0.2, 0) is 4.74 Å². The van der Waals surface area contributed by atoms with Crippen LogP contribution >= 0.6 is 15.9 Å². The molecule has 1 N–H and O–H groups in total. The minimum Gasteiger partial charge on any atom is -0.451 e. The molecule has 4 nitrogen and oxygen atoms in total. The summed E-state index contributed by atoms with van der Waals surface area (Å²) in [6, 6.07) is 7.51. The van der Waals surface area contributed by atoms with E-state index in [-0.39, 0.29) is 11.9 Å². The zero-order valence-corrected chi connectivity index (χ0v) is 12.5. The zero-order chi connectivity index (χ0) is 13.8. The van der Waals surface area contributed by atoms with Crippen LogP contribution in [0.5, 0.6) is 0 Å². The largest absolute Gasteiger partial charge is 0.451 e. The molecule has 5 heteroatoms. The second-order valence-electron chi connectivity index (χ2n) is 4.43. The summed E-state index contributed by atoms with van der Waals surface area (Å²) in [4.78, 5) is 12.1. The quantitative estimate of drug-likeness (QED) is 0.860. The van der Waals surface area contributed by atoms with Crippen LogP contribution < -0.4 is 5.32 Å². The SMILES string of the molecule is COCC(CBr)NC(=O)c1cc2cc(C)ccc2o1. The van der Waals surface area contributed by atoms with E-state index in [1.165, 1.54) is 0 Å². The summed E-state index contributed by atoms with van der Waals surface area (Å²) >= 11 is 3.34. The molecule has 0 saturated heterocycles. The number of alkyl halides is 1. The Morgan fingerprint density at radius 2 is 2.26 bits per heavy atom. The molecule has 1 amide bonds. The molecule has 102 valence electrons. The van der Waals surface area contributed by atoms with Crippen LogP contribution in [0.2, 0.25) is 0 Å². The molecule has 1 aromatic heterocycles. The third-order valence-electron chi connectivity index (χ3n) is 2.78. The monoisotopic (exact) mass is 325 g/mol. The Morgan fingerprint density at radius 3 is 2.95 bits per heavy atom. The van der Waals surface area contributed by atoms with Crippen molar-refractivity contribution in [3.63, 3.8) is 0 Å². The smallest absolute Gasteiger partial charge is 0.287 e. The van der Waals surface area contributed by atoms with E-state index < -0.39 is 0 Å². The van der Waals surface area contributed by atoms with E-state index in [2.05, 4.69) is 21.2 Å². The Labute approximate surface area is 120 Å². The molecule has 1 aromatic carbocycles. The summed E-state index contributed by atoms with van der Waals surface area (Å²) in [7, 11) is 1.60. The highest BCUT2D eigenvalue weighted by molar-refractivity contribution is 9.09. The summed E-state index contributed by atoms with van der Waals surface area (Å²) in [5.74, 6) is 0.0954. The van der Waals surface area contributed by atoms with Gasteiger partial charge in [0.05, 0.1) is 12.6 Å². The minimum absolute atomic E-state index is 0.0764. The first-order chi connectivity index (χ1) is 9.13. The van der Waals surface area contributed by atoms with Crippen molar-refractivity contribution in [1.82, 2.24) is 5.32 Å². The first-order valence-electron chi connectivity index (χ1n) is 6.00. The number of methoxy groups -OCH3 is 1. The number of benzene rings is 1. The Balaban J connectivity index is 2.17. The van der Waals surface area contributed by atoms with E-state index in [0.29, 0.717) is 17.7 Å². The number of fused-ring (bicyclic) bond motifs is 1. The van der Waals surface area contributed by atoms with Crippen LogP contribution in [0.3, 0.4) is 0 Å². The van der Waals surface area contributed by atoms with Crippen molar-refractivity contribution in [2.45, 2.75) is 13.0 Å². The number of hydrogen-bond acceptors (Lipinski definition) is 3. The number of nitrogens with one attached hydrogen (secondary N) is 1. The maximum Gasteiger partial charge on any atom is 0.287 e.